The van der Waals surface area contributed by atoms with Crippen LogP contribution in [-0.4, -0.2) is 50.9 Å². The predicted molar refractivity (Wildman–Crippen MR) is 215 cm³/mol. The largest absolute Gasteiger partial charge is 0.493 e. The van der Waals surface area contributed by atoms with Gasteiger partial charge < -0.3 is 25.2 Å². The van der Waals surface area contributed by atoms with Gasteiger partial charge in [-0.3, -0.25) is 0 Å². The van der Waals surface area contributed by atoms with Crippen molar-refractivity contribution in [2.24, 2.45) is 0 Å². The number of fused-ring (bicyclic) bond motifs is 4. The predicted octanol–water partition coefficient (Wildman–Crippen LogP) is 10.7. The third kappa shape index (κ3) is 9.49. The molecule has 4 N–H and O–H groups in total. The Bertz CT molecular complexity index is 2690. The fourth-order valence-corrected chi connectivity index (χ4v) is 5.93. The van der Waals surface area contributed by atoms with Crippen LogP contribution in [0.15, 0.2) is 158 Å². The maximum atomic E-state index is 13.2. The van der Waals surface area contributed by atoms with E-state index in [0.717, 1.165) is 26.9 Å². The normalized spacial score (nSPS) is 10.2. The van der Waals surface area contributed by atoms with Crippen molar-refractivity contribution >= 4 is 67.0 Å². The van der Waals surface area contributed by atoms with Crippen molar-refractivity contribution in [3.05, 3.63) is 186 Å². The molecule has 0 amide bonds. The van der Waals surface area contributed by atoms with Crippen molar-refractivity contribution in [3.8, 4) is 5.75 Å². The maximum absolute atomic E-state index is 13.2. The molecule has 0 aliphatic heterocycles. The summed E-state index contributed by atoms with van der Waals surface area (Å²) >= 11 is 0. The molecule has 0 spiro atoms. The number of ether oxygens (including phenoxy) is 1. The monoisotopic (exact) mass is 750 g/mol. The highest BCUT2D eigenvalue weighted by Gasteiger charge is 2.15. The molecule has 0 aromatic heterocycles. The zero-order valence-electron chi connectivity index (χ0n) is 29.9. The number of rotatable bonds is 6. The van der Waals surface area contributed by atoms with Crippen molar-refractivity contribution in [1.82, 2.24) is 0 Å². The highest BCUT2D eigenvalue weighted by molar-refractivity contribution is 6.06. The van der Waals surface area contributed by atoms with E-state index in [4.69, 9.17) is 20.1 Å². The molecule has 0 radical (unpaired) electrons. The van der Waals surface area contributed by atoms with Gasteiger partial charge in [-0.15, -0.1) is 0 Å². The summed E-state index contributed by atoms with van der Waals surface area (Å²) < 4.78 is 18.6. The van der Waals surface area contributed by atoms with E-state index in [1.54, 1.807) is 60.7 Å². The van der Waals surface area contributed by atoms with Gasteiger partial charge in [0.2, 0.25) is 0 Å². The Morgan fingerprint density at radius 1 is 0.464 bits per heavy atom. The molecule has 8 aromatic rings. The molecule has 9 nitrogen and oxygen atoms in total. The van der Waals surface area contributed by atoms with Gasteiger partial charge >= 0.3 is 23.9 Å². The molecule has 280 valence electrons. The second-order valence-electron chi connectivity index (χ2n) is 12.0. The van der Waals surface area contributed by atoms with Crippen LogP contribution in [0.25, 0.3) is 43.1 Å². The summed E-state index contributed by atoms with van der Waals surface area (Å²) in [6, 6.07) is 45.5. The first-order chi connectivity index (χ1) is 27.0. The molecule has 0 fully saturated rings. The van der Waals surface area contributed by atoms with E-state index in [2.05, 4.69) is 0 Å². The highest BCUT2D eigenvalue weighted by atomic mass is 19.1. The SMILES string of the molecule is CCOc1ccc2ccccc2c1C(=O)O.O=C(O)c1ccc(F)c2ccccc12.O=C(O)c1ccc2ccccc2c1.O=C(O)c1cccc2ccccc12. The smallest absolute Gasteiger partial charge is 0.340 e. The van der Waals surface area contributed by atoms with Gasteiger partial charge in [-0.2, -0.15) is 0 Å². The number of hydrogen-bond acceptors (Lipinski definition) is 5. The fraction of sp³-hybridized carbons (Fsp3) is 0.0435. The van der Waals surface area contributed by atoms with Crippen molar-refractivity contribution in [2.45, 2.75) is 6.92 Å². The van der Waals surface area contributed by atoms with Crippen LogP contribution in [0.5, 0.6) is 5.75 Å². The number of carbonyl (C=O) groups is 4. The molecule has 0 heterocycles. The number of carboxylic acids is 4. The van der Waals surface area contributed by atoms with Crippen LogP contribution >= 0.6 is 0 Å². The van der Waals surface area contributed by atoms with Crippen LogP contribution in [0, 0.1) is 5.82 Å². The van der Waals surface area contributed by atoms with E-state index in [1.165, 1.54) is 12.1 Å². The number of hydrogen-bond donors (Lipinski definition) is 4. The van der Waals surface area contributed by atoms with E-state index in [-0.39, 0.29) is 11.1 Å². The standard InChI is InChI=1S/C13H12O3.C11H7FO2.2C11H8O2/c1-2-16-11-8-7-9-5-3-4-6-10(9)12(11)13(14)15;12-10-6-5-9(11(13)14)7-3-1-2-4-8(7)10;12-11(13)10-7-3-5-8-4-1-2-6-9(8)10;12-11(13)10-6-5-8-3-1-2-4-9(8)7-10/h3-8H,2H2,1H3,(H,14,15);1-6H,(H,13,14);2*1-7H,(H,12,13). The van der Waals surface area contributed by atoms with Gasteiger partial charge in [0, 0.05) is 5.39 Å². The van der Waals surface area contributed by atoms with E-state index in [0.29, 0.717) is 39.6 Å². The molecule has 8 aromatic carbocycles. The zero-order valence-corrected chi connectivity index (χ0v) is 29.9. The molecule has 0 bridgehead atoms. The van der Waals surface area contributed by atoms with E-state index in [9.17, 15) is 28.7 Å². The highest BCUT2D eigenvalue weighted by Crippen LogP contribution is 2.28. The van der Waals surface area contributed by atoms with Gasteiger partial charge in [-0.1, -0.05) is 121 Å². The topological polar surface area (TPSA) is 158 Å². The molecular formula is C46H35FO9. The molecule has 56 heavy (non-hydrogen) atoms. The average molecular weight is 751 g/mol. The molecule has 10 heteroatoms. The lowest BCUT2D eigenvalue weighted by molar-refractivity contribution is 0.0684. The zero-order chi connectivity index (χ0) is 40.2. The Balaban J connectivity index is 0.000000143. The summed E-state index contributed by atoms with van der Waals surface area (Å²) in [6.07, 6.45) is 0. The van der Waals surface area contributed by atoms with Crippen molar-refractivity contribution < 1.29 is 48.7 Å². The molecule has 0 aliphatic rings. The van der Waals surface area contributed by atoms with Crippen LogP contribution in [0.4, 0.5) is 4.39 Å². The van der Waals surface area contributed by atoms with Gasteiger partial charge in [0.05, 0.1) is 23.3 Å². The lowest BCUT2D eigenvalue weighted by Crippen LogP contribution is -2.03. The Hall–Kier alpha value is -7.59. The van der Waals surface area contributed by atoms with E-state index >= 15 is 0 Å². The molecule has 0 atom stereocenters. The van der Waals surface area contributed by atoms with Crippen molar-refractivity contribution in [1.29, 1.82) is 0 Å². The fourth-order valence-electron chi connectivity index (χ4n) is 5.93. The van der Waals surface area contributed by atoms with Gasteiger partial charge in [0.25, 0.3) is 0 Å². The Kier molecular flexibility index (Phi) is 13.0. The molecule has 0 unspecified atom stereocenters. The van der Waals surface area contributed by atoms with E-state index in [1.807, 2.05) is 91.9 Å². The Morgan fingerprint density at radius 2 is 0.964 bits per heavy atom. The maximum Gasteiger partial charge on any atom is 0.340 e. The van der Waals surface area contributed by atoms with Crippen molar-refractivity contribution in [2.75, 3.05) is 6.61 Å². The van der Waals surface area contributed by atoms with Crippen LogP contribution < -0.4 is 4.74 Å². The van der Waals surface area contributed by atoms with E-state index < -0.39 is 29.7 Å². The summed E-state index contributed by atoms with van der Waals surface area (Å²) in [4.78, 5) is 43.5. The van der Waals surface area contributed by atoms with Crippen LogP contribution in [0.1, 0.15) is 48.4 Å². The van der Waals surface area contributed by atoms with Crippen LogP contribution in [-0.2, 0) is 0 Å². The molecule has 8 rings (SSSR count). The lowest BCUT2D eigenvalue weighted by atomic mass is 10.0. The summed E-state index contributed by atoms with van der Waals surface area (Å²) in [5.41, 5.74) is 1.05. The number of benzene rings is 8. The summed E-state index contributed by atoms with van der Waals surface area (Å²) in [5.74, 6) is -3.73. The molecule has 0 aliphatic carbocycles. The minimum Gasteiger partial charge on any atom is -0.493 e. The first-order valence-corrected chi connectivity index (χ1v) is 17.2. The summed E-state index contributed by atoms with van der Waals surface area (Å²) in [6.45, 7) is 2.29. The van der Waals surface area contributed by atoms with Crippen LogP contribution in [0.3, 0.4) is 0 Å². The van der Waals surface area contributed by atoms with Gasteiger partial charge in [-0.05, 0) is 81.0 Å². The second-order valence-corrected chi connectivity index (χ2v) is 12.0. The number of carboxylic acid groups (broad SMARTS) is 4. The lowest BCUT2D eigenvalue weighted by Gasteiger charge is -2.09. The summed E-state index contributed by atoms with van der Waals surface area (Å²) in [5, 5.41) is 41.8. The first-order valence-electron chi connectivity index (χ1n) is 17.2. The Labute approximate surface area is 320 Å². The average Bonchev–Trinajstić information content (AvgIpc) is 3.21. The van der Waals surface area contributed by atoms with Crippen molar-refractivity contribution in [3.63, 3.8) is 0 Å². The van der Waals surface area contributed by atoms with Gasteiger partial charge in [-0.25, -0.2) is 23.6 Å². The second kappa shape index (κ2) is 18.4. The first kappa shape index (κ1) is 39.6. The summed E-state index contributed by atoms with van der Waals surface area (Å²) in [7, 11) is 0. The molecular weight excluding hydrogens is 715 g/mol. The van der Waals surface area contributed by atoms with Gasteiger partial charge in [0.1, 0.15) is 17.1 Å². The minimum absolute atomic E-state index is 0.127. The van der Waals surface area contributed by atoms with Gasteiger partial charge in [0.15, 0.2) is 0 Å². The molecule has 0 saturated carbocycles. The minimum atomic E-state index is -1.04. The Morgan fingerprint density at radius 3 is 1.57 bits per heavy atom. The van der Waals surface area contributed by atoms with Crippen LogP contribution in [0.2, 0.25) is 0 Å². The third-order valence-corrected chi connectivity index (χ3v) is 8.52. The third-order valence-electron chi connectivity index (χ3n) is 8.52. The number of halogens is 1. The number of aromatic carboxylic acids is 4. The quantitative estimate of drug-likeness (QED) is 0.130. The molecule has 0 saturated heterocycles.